The lowest BCUT2D eigenvalue weighted by atomic mass is 9.87. The third-order valence-electron chi connectivity index (χ3n) is 7.75. The van der Waals surface area contributed by atoms with E-state index in [1.165, 1.54) is 82.7 Å². The zero-order valence-corrected chi connectivity index (χ0v) is 22.3. The third kappa shape index (κ3) is 4.03. The molecule has 37 heavy (non-hydrogen) atoms. The van der Waals surface area contributed by atoms with E-state index in [1.807, 2.05) is 0 Å². The van der Waals surface area contributed by atoms with Gasteiger partial charge in [0.15, 0.2) is 0 Å². The van der Waals surface area contributed by atoms with E-state index >= 15 is 0 Å². The summed E-state index contributed by atoms with van der Waals surface area (Å²) in [5.41, 5.74) is 14.4. The van der Waals surface area contributed by atoms with E-state index in [1.54, 1.807) is 0 Å². The van der Waals surface area contributed by atoms with Crippen LogP contribution in [0.1, 0.15) is 27.8 Å². The van der Waals surface area contributed by atoms with Gasteiger partial charge in [-0.05, 0) is 130 Å². The molecule has 0 amide bonds. The van der Waals surface area contributed by atoms with Crippen molar-refractivity contribution in [2.45, 2.75) is 34.6 Å². The summed E-state index contributed by atoms with van der Waals surface area (Å²) in [6.45, 7) is 11.1. The van der Waals surface area contributed by atoms with Crippen molar-refractivity contribution in [1.29, 1.82) is 0 Å². The van der Waals surface area contributed by atoms with E-state index in [0.29, 0.717) is 0 Å². The largest absolute Gasteiger partial charge is 0.0622 e. The van der Waals surface area contributed by atoms with Gasteiger partial charge < -0.3 is 0 Å². The highest BCUT2D eigenvalue weighted by Crippen LogP contribution is 2.41. The fraction of sp³-hybridized carbons (Fsp3) is 0.135. The quantitative estimate of drug-likeness (QED) is 0.223. The van der Waals surface area contributed by atoms with Crippen molar-refractivity contribution in [1.82, 2.24) is 0 Å². The van der Waals surface area contributed by atoms with Gasteiger partial charge in [-0.3, -0.25) is 0 Å². The van der Waals surface area contributed by atoms with Crippen LogP contribution in [0.2, 0.25) is 0 Å². The molecule has 0 aromatic heterocycles. The van der Waals surface area contributed by atoms with Crippen molar-refractivity contribution in [2.24, 2.45) is 0 Å². The summed E-state index contributed by atoms with van der Waals surface area (Å²) in [5.74, 6) is 0. The zero-order chi connectivity index (χ0) is 25.7. The summed E-state index contributed by atoms with van der Waals surface area (Å²) in [6, 6.07) is 38.4. The number of benzene rings is 6. The molecule has 6 aromatic rings. The minimum absolute atomic E-state index is 1.26. The fourth-order valence-electron chi connectivity index (χ4n) is 6.26. The second kappa shape index (κ2) is 9.05. The van der Waals surface area contributed by atoms with Crippen molar-refractivity contribution in [3.8, 4) is 33.4 Å². The van der Waals surface area contributed by atoms with Crippen molar-refractivity contribution < 1.29 is 0 Å². The van der Waals surface area contributed by atoms with E-state index in [9.17, 15) is 0 Å². The molecule has 0 fully saturated rings. The molecule has 0 bridgehead atoms. The molecule has 180 valence electrons. The van der Waals surface area contributed by atoms with Gasteiger partial charge in [0.1, 0.15) is 0 Å². The van der Waals surface area contributed by atoms with Gasteiger partial charge in [0.2, 0.25) is 0 Å². The van der Waals surface area contributed by atoms with Gasteiger partial charge >= 0.3 is 0 Å². The predicted molar refractivity (Wildman–Crippen MR) is 161 cm³/mol. The molecule has 0 nitrogen and oxygen atoms in total. The molecule has 6 aromatic carbocycles. The van der Waals surface area contributed by atoms with Gasteiger partial charge in [-0.25, -0.2) is 0 Å². The molecule has 0 saturated carbocycles. The second-order valence-corrected chi connectivity index (χ2v) is 10.5. The lowest BCUT2D eigenvalue weighted by Gasteiger charge is -2.17. The molecule has 0 N–H and O–H groups in total. The summed E-state index contributed by atoms with van der Waals surface area (Å²) in [7, 11) is 0. The summed E-state index contributed by atoms with van der Waals surface area (Å²) in [6.07, 6.45) is 0. The fourth-order valence-corrected chi connectivity index (χ4v) is 6.26. The molecule has 0 spiro atoms. The van der Waals surface area contributed by atoms with Crippen molar-refractivity contribution >= 4 is 21.5 Å². The van der Waals surface area contributed by atoms with Crippen molar-refractivity contribution in [3.05, 3.63) is 131 Å². The standard InChI is InChI=1S/C37H32/c1-23-18-26(4)36(27(5)19-23)30-15-17-34-32(21-30)22-31-20-29(35-24(2)10-9-11-25(35)3)14-16-33(31)37(34)28-12-7-6-8-13-28/h6-22H,1-5H3. The topological polar surface area (TPSA) is 0 Å². The van der Waals surface area contributed by atoms with Crippen LogP contribution in [-0.2, 0) is 0 Å². The van der Waals surface area contributed by atoms with Crippen molar-refractivity contribution in [2.75, 3.05) is 0 Å². The molecule has 0 radical (unpaired) electrons. The van der Waals surface area contributed by atoms with E-state index in [2.05, 4.69) is 138 Å². The highest BCUT2D eigenvalue weighted by molar-refractivity contribution is 6.14. The summed E-state index contributed by atoms with van der Waals surface area (Å²) in [4.78, 5) is 0. The molecule has 6 rings (SSSR count). The first-order valence-corrected chi connectivity index (χ1v) is 13.1. The van der Waals surface area contributed by atoms with Crippen LogP contribution in [0.3, 0.4) is 0 Å². The minimum atomic E-state index is 1.26. The first kappa shape index (κ1) is 23.3. The maximum absolute atomic E-state index is 2.39. The van der Waals surface area contributed by atoms with Crippen LogP contribution in [0.5, 0.6) is 0 Å². The van der Waals surface area contributed by atoms with E-state index in [4.69, 9.17) is 0 Å². The Morgan fingerprint density at radius 2 is 0.865 bits per heavy atom. The monoisotopic (exact) mass is 476 g/mol. The van der Waals surface area contributed by atoms with Crippen LogP contribution >= 0.6 is 0 Å². The molecule has 0 aliphatic heterocycles. The summed E-state index contributed by atoms with van der Waals surface area (Å²) in [5, 5.41) is 5.15. The smallest absolute Gasteiger partial charge is 0.00268 e. The average molecular weight is 477 g/mol. The molecule has 0 aliphatic carbocycles. The van der Waals surface area contributed by atoms with E-state index in [0.717, 1.165) is 0 Å². The first-order valence-electron chi connectivity index (χ1n) is 13.1. The predicted octanol–water partition coefficient (Wildman–Crippen LogP) is 10.5. The Bertz CT molecular complexity index is 1760. The second-order valence-electron chi connectivity index (χ2n) is 10.5. The van der Waals surface area contributed by atoms with Gasteiger partial charge in [-0.15, -0.1) is 0 Å². The number of hydrogen-bond donors (Lipinski definition) is 0. The Morgan fingerprint density at radius 3 is 1.41 bits per heavy atom. The number of fused-ring (bicyclic) bond motifs is 2. The molecule has 0 heteroatoms. The number of aryl methyl sites for hydroxylation is 5. The van der Waals surface area contributed by atoms with Gasteiger partial charge in [-0.2, -0.15) is 0 Å². The molecule has 0 heterocycles. The lowest BCUT2D eigenvalue weighted by molar-refractivity contribution is 1.32. The van der Waals surface area contributed by atoms with Gasteiger partial charge in [0.05, 0.1) is 0 Å². The Hall–Kier alpha value is -4.16. The SMILES string of the molecule is Cc1cc(C)c(-c2ccc3c(-c4ccccc4)c4ccc(-c5c(C)cccc5C)cc4cc3c2)c(C)c1. The Labute approximate surface area is 220 Å². The van der Waals surface area contributed by atoms with E-state index in [-0.39, 0.29) is 0 Å². The van der Waals surface area contributed by atoms with Crippen LogP contribution in [0.15, 0.2) is 103 Å². The van der Waals surface area contributed by atoms with Crippen LogP contribution in [0, 0.1) is 34.6 Å². The Kier molecular flexibility index (Phi) is 5.69. The lowest BCUT2D eigenvalue weighted by Crippen LogP contribution is -1.92. The Morgan fingerprint density at radius 1 is 0.351 bits per heavy atom. The molecular formula is C37H32. The average Bonchev–Trinajstić information content (AvgIpc) is 2.87. The maximum Gasteiger partial charge on any atom is -0.00268 e. The van der Waals surface area contributed by atoms with Gasteiger partial charge in [-0.1, -0.05) is 90.5 Å². The van der Waals surface area contributed by atoms with Crippen LogP contribution < -0.4 is 0 Å². The van der Waals surface area contributed by atoms with Crippen molar-refractivity contribution in [3.63, 3.8) is 0 Å². The third-order valence-corrected chi connectivity index (χ3v) is 7.75. The number of rotatable bonds is 3. The maximum atomic E-state index is 2.39. The first-order chi connectivity index (χ1) is 17.9. The summed E-state index contributed by atoms with van der Waals surface area (Å²) < 4.78 is 0. The summed E-state index contributed by atoms with van der Waals surface area (Å²) >= 11 is 0. The van der Waals surface area contributed by atoms with Crippen LogP contribution in [-0.4, -0.2) is 0 Å². The highest BCUT2D eigenvalue weighted by Gasteiger charge is 2.14. The van der Waals surface area contributed by atoms with Crippen LogP contribution in [0.4, 0.5) is 0 Å². The molecule has 0 aliphatic rings. The van der Waals surface area contributed by atoms with E-state index < -0.39 is 0 Å². The zero-order valence-electron chi connectivity index (χ0n) is 22.3. The Balaban J connectivity index is 1.66. The molecule has 0 atom stereocenters. The molecular weight excluding hydrogens is 444 g/mol. The number of hydrogen-bond acceptors (Lipinski definition) is 0. The normalized spacial score (nSPS) is 11.4. The van der Waals surface area contributed by atoms with Gasteiger partial charge in [0.25, 0.3) is 0 Å². The van der Waals surface area contributed by atoms with Gasteiger partial charge in [0, 0.05) is 0 Å². The minimum Gasteiger partial charge on any atom is -0.0622 e. The molecule has 0 unspecified atom stereocenters. The highest BCUT2D eigenvalue weighted by atomic mass is 14.2. The molecule has 0 saturated heterocycles. The van der Waals surface area contributed by atoms with Crippen LogP contribution in [0.25, 0.3) is 54.9 Å².